The second-order valence-electron chi connectivity index (χ2n) is 4.70. The van der Waals surface area contributed by atoms with Gasteiger partial charge in [0, 0.05) is 21.6 Å². The number of carbonyl (C=O) groups is 2. The molecule has 5 heteroatoms. The highest BCUT2D eigenvalue weighted by Gasteiger charge is 2.38. The van der Waals surface area contributed by atoms with Gasteiger partial charge in [0.25, 0.3) is 0 Å². The zero-order chi connectivity index (χ0) is 14.5. The fraction of sp³-hybridized carbons (Fsp3) is 0.467. The van der Waals surface area contributed by atoms with E-state index in [1.165, 1.54) is 0 Å². The van der Waals surface area contributed by atoms with E-state index in [1.807, 2.05) is 24.3 Å². The first kappa shape index (κ1) is 15.4. The zero-order valence-corrected chi connectivity index (χ0v) is 12.9. The Bertz CT molecular complexity index is 486. The third kappa shape index (κ3) is 3.76. The van der Waals surface area contributed by atoms with Gasteiger partial charge < -0.3 is 4.74 Å². The number of hydrogen-bond acceptors (Lipinski definition) is 4. The molecule has 2 unspecified atom stereocenters. The van der Waals surface area contributed by atoms with Crippen LogP contribution in [0.4, 0.5) is 0 Å². The lowest BCUT2D eigenvalue weighted by atomic mass is 9.87. The molecule has 0 heterocycles. The van der Waals surface area contributed by atoms with Gasteiger partial charge in [-0.2, -0.15) is 0 Å². The highest BCUT2D eigenvalue weighted by molar-refractivity contribution is 8.00. The van der Waals surface area contributed by atoms with E-state index in [2.05, 4.69) is 0 Å². The molecule has 2 atom stereocenters. The van der Waals surface area contributed by atoms with Crippen LogP contribution in [0.5, 0.6) is 0 Å². The number of ether oxygens (including phenoxy) is 1. The van der Waals surface area contributed by atoms with Crippen LogP contribution in [0.1, 0.15) is 26.2 Å². The molecular formula is C15H17ClO3S. The number of benzene rings is 1. The molecular weight excluding hydrogens is 296 g/mol. The summed E-state index contributed by atoms with van der Waals surface area (Å²) in [6.45, 7) is 2.06. The normalized spacial score (nSPS) is 22.6. The van der Waals surface area contributed by atoms with Crippen molar-refractivity contribution in [2.75, 3.05) is 6.61 Å². The number of carbonyl (C=O) groups excluding carboxylic acids is 2. The maximum atomic E-state index is 12.0. The molecule has 1 aromatic carbocycles. The van der Waals surface area contributed by atoms with Crippen LogP contribution < -0.4 is 0 Å². The van der Waals surface area contributed by atoms with Crippen LogP contribution in [0.3, 0.4) is 0 Å². The van der Waals surface area contributed by atoms with Crippen LogP contribution in [0, 0.1) is 5.92 Å². The van der Waals surface area contributed by atoms with Crippen molar-refractivity contribution in [3.05, 3.63) is 29.3 Å². The fourth-order valence-corrected chi connectivity index (χ4v) is 3.79. The third-order valence-corrected chi connectivity index (χ3v) is 4.88. The van der Waals surface area contributed by atoms with Crippen molar-refractivity contribution in [1.82, 2.24) is 0 Å². The molecule has 20 heavy (non-hydrogen) atoms. The number of esters is 1. The van der Waals surface area contributed by atoms with Crippen LogP contribution in [-0.4, -0.2) is 23.6 Å². The molecule has 1 aliphatic rings. The van der Waals surface area contributed by atoms with Gasteiger partial charge in [0.05, 0.1) is 6.61 Å². The van der Waals surface area contributed by atoms with Gasteiger partial charge >= 0.3 is 5.97 Å². The highest BCUT2D eigenvalue weighted by atomic mass is 35.5. The topological polar surface area (TPSA) is 43.4 Å². The molecule has 1 fully saturated rings. The van der Waals surface area contributed by atoms with Crippen LogP contribution in [0.25, 0.3) is 0 Å². The lowest BCUT2D eigenvalue weighted by Gasteiger charge is -2.28. The first-order valence-electron chi connectivity index (χ1n) is 6.73. The van der Waals surface area contributed by atoms with Crippen molar-refractivity contribution in [3.63, 3.8) is 0 Å². The molecule has 0 spiro atoms. The lowest BCUT2D eigenvalue weighted by molar-refractivity contribution is -0.152. The lowest BCUT2D eigenvalue weighted by Crippen LogP contribution is -2.38. The molecule has 0 aliphatic heterocycles. The quantitative estimate of drug-likeness (QED) is 0.627. The van der Waals surface area contributed by atoms with Crippen LogP contribution in [0.15, 0.2) is 29.2 Å². The number of Topliss-reactive ketones (excluding diaryl/α,β-unsaturated/α-hetero) is 1. The Labute approximate surface area is 128 Å². The molecule has 0 aromatic heterocycles. The Morgan fingerprint density at radius 1 is 1.40 bits per heavy atom. The van der Waals surface area contributed by atoms with E-state index in [1.54, 1.807) is 18.7 Å². The second kappa shape index (κ2) is 7.14. The van der Waals surface area contributed by atoms with E-state index in [9.17, 15) is 9.59 Å². The maximum Gasteiger partial charge on any atom is 0.317 e. The number of rotatable bonds is 4. The van der Waals surface area contributed by atoms with Gasteiger partial charge in [-0.3, -0.25) is 9.59 Å². The van der Waals surface area contributed by atoms with Gasteiger partial charge in [-0.1, -0.05) is 11.6 Å². The minimum atomic E-state index is -0.635. The molecule has 1 aromatic rings. The minimum absolute atomic E-state index is 0.00108. The SMILES string of the molecule is CCOC(=O)C1C(=O)CCCC1Sc1ccc(Cl)cc1. The summed E-state index contributed by atoms with van der Waals surface area (Å²) >= 11 is 7.42. The summed E-state index contributed by atoms with van der Waals surface area (Å²) in [4.78, 5) is 25.0. The van der Waals surface area contributed by atoms with Gasteiger partial charge in [0.2, 0.25) is 0 Å². The zero-order valence-electron chi connectivity index (χ0n) is 11.3. The van der Waals surface area contributed by atoms with E-state index in [0.717, 1.165) is 17.7 Å². The van der Waals surface area contributed by atoms with E-state index < -0.39 is 5.92 Å². The monoisotopic (exact) mass is 312 g/mol. The molecule has 0 amide bonds. The van der Waals surface area contributed by atoms with Crippen LogP contribution in [-0.2, 0) is 14.3 Å². The molecule has 3 nitrogen and oxygen atoms in total. The molecule has 2 rings (SSSR count). The summed E-state index contributed by atoms with van der Waals surface area (Å²) in [5.74, 6) is -1.02. The molecule has 1 aliphatic carbocycles. The summed E-state index contributed by atoms with van der Waals surface area (Å²) in [6, 6.07) is 7.45. The predicted octanol–water partition coefficient (Wildman–Crippen LogP) is 3.73. The summed E-state index contributed by atoms with van der Waals surface area (Å²) < 4.78 is 5.04. The molecule has 0 N–H and O–H groups in total. The Kier molecular flexibility index (Phi) is 5.49. The van der Waals surface area contributed by atoms with E-state index in [0.29, 0.717) is 18.1 Å². The summed E-state index contributed by atoms with van der Waals surface area (Å²) in [7, 11) is 0. The van der Waals surface area contributed by atoms with Gasteiger partial charge in [-0.05, 0) is 44.0 Å². The summed E-state index contributed by atoms with van der Waals surface area (Å²) in [6.07, 6.45) is 2.16. The average Bonchev–Trinajstić information content (AvgIpc) is 2.42. The first-order chi connectivity index (χ1) is 9.61. The van der Waals surface area contributed by atoms with Crippen LogP contribution >= 0.6 is 23.4 Å². The van der Waals surface area contributed by atoms with Crippen molar-refractivity contribution in [2.45, 2.75) is 36.3 Å². The van der Waals surface area contributed by atoms with Gasteiger partial charge in [-0.25, -0.2) is 0 Å². The number of halogens is 1. The highest BCUT2D eigenvalue weighted by Crippen LogP contribution is 2.37. The number of thioether (sulfide) groups is 1. The average molecular weight is 313 g/mol. The maximum absolute atomic E-state index is 12.0. The van der Waals surface area contributed by atoms with Crippen molar-refractivity contribution in [3.8, 4) is 0 Å². The summed E-state index contributed by atoms with van der Waals surface area (Å²) in [5.41, 5.74) is 0. The number of hydrogen-bond donors (Lipinski definition) is 0. The van der Waals surface area contributed by atoms with Gasteiger partial charge in [-0.15, -0.1) is 11.8 Å². The Morgan fingerprint density at radius 3 is 2.75 bits per heavy atom. The molecule has 0 bridgehead atoms. The van der Waals surface area contributed by atoms with Crippen molar-refractivity contribution in [2.24, 2.45) is 5.92 Å². The molecule has 1 saturated carbocycles. The Morgan fingerprint density at radius 2 is 2.10 bits per heavy atom. The largest absolute Gasteiger partial charge is 0.465 e. The van der Waals surface area contributed by atoms with Gasteiger partial charge in [0.1, 0.15) is 11.7 Å². The fourth-order valence-electron chi connectivity index (χ4n) is 2.34. The molecule has 0 saturated heterocycles. The van der Waals surface area contributed by atoms with E-state index in [-0.39, 0.29) is 17.0 Å². The standard InChI is InChI=1S/C15H17ClO3S/c1-2-19-15(18)14-12(17)4-3-5-13(14)20-11-8-6-10(16)7-9-11/h6-9,13-14H,2-5H2,1H3. The smallest absolute Gasteiger partial charge is 0.317 e. The van der Waals surface area contributed by atoms with Crippen molar-refractivity contribution < 1.29 is 14.3 Å². The summed E-state index contributed by atoms with van der Waals surface area (Å²) in [5, 5.41) is 0.632. The number of ketones is 1. The minimum Gasteiger partial charge on any atom is -0.465 e. The molecule has 108 valence electrons. The molecule has 0 radical (unpaired) electrons. The Balaban J connectivity index is 2.12. The van der Waals surface area contributed by atoms with Crippen molar-refractivity contribution >= 4 is 35.1 Å². The van der Waals surface area contributed by atoms with E-state index >= 15 is 0 Å². The third-order valence-electron chi connectivity index (χ3n) is 3.27. The van der Waals surface area contributed by atoms with Gasteiger partial charge in [0.15, 0.2) is 0 Å². The first-order valence-corrected chi connectivity index (χ1v) is 7.99. The van der Waals surface area contributed by atoms with Crippen LogP contribution in [0.2, 0.25) is 5.02 Å². The van der Waals surface area contributed by atoms with E-state index in [4.69, 9.17) is 16.3 Å². The van der Waals surface area contributed by atoms with Crippen molar-refractivity contribution in [1.29, 1.82) is 0 Å². The predicted molar refractivity (Wildman–Crippen MR) is 80.1 cm³/mol. The Hall–Kier alpha value is -1.00. The second-order valence-corrected chi connectivity index (χ2v) is 6.45.